The van der Waals surface area contributed by atoms with Gasteiger partial charge in [-0.05, 0) is 53.3 Å². The molecule has 2 aromatic heterocycles. The van der Waals surface area contributed by atoms with Crippen LogP contribution in [0.2, 0.25) is 5.02 Å². The lowest BCUT2D eigenvalue weighted by Crippen LogP contribution is -2.40. The Morgan fingerprint density at radius 2 is 1.77 bits per heavy atom. The van der Waals surface area contributed by atoms with E-state index in [0.29, 0.717) is 26.6 Å². The van der Waals surface area contributed by atoms with E-state index in [9.17, 15) is 14.4 Å². The minimum Gasteiger partial charge on any atom is -0.324 e. The molecule has 0 atom stereocenters. The van der Waals surface area contributed by atoms with Crippen molar-refractivity contribution in [1.29, 1.82) is 0 Å². The van der Waals surface area contributed by atoms with Crippen LogP contribution in [0.1, 0.15) is 25.3 Å². The molecule has 0 aliphatic carbocycles. The third-order valence-electron chi connectivity index (χ3n) is 5.00. The van der Waals surface area contributed by atoms with Gasteiger partial charge in [-0.1, -0.05) is 43.6 Å². The number of thiophene rings is 1. The molecule has 0 spiro atoms. The summed E-state index contributed by atoms with van der Waals surface area (Å²) in [6, 6.07) is 15.7. The molecular weight excluding hydrogens is 434 g/mol. The fourth-order valence-electron chi connectivity index (χ4n) is 3.51. The molecule has 4 rings (SSSR count). The molecule has 0 radical (unpaired) electrons. The zero-order chi connectivity index (χ0) is 22.1. The first-order chi connectivity index (χ1) is 14.9. The number of aromatic nitrogens is 2. The Kier molecular flexibility index (Phi) is 5.80. The van der Waals surface area contributed by atoms with E-state index in [-0.39, 0.29) is 18.4 Å². The summed E-state index contributed by atoms with van der Waals surface area (Å²) in [6.45, 7) is 3.88. The van der Waals surface area contributed by atoms with Crippen LogP contribution in [0, 0.1) is 0 Å². The number of anilines is 1. The minimum absolute atomic E-state index is 0.216. The number of carbonyl (C=O) groups is 1. The predicted octanol–water partition coefficient (Wildman–Crippen LogP) is 4.63. The van der Waals surface area contributed by atoms with E-state index >= 15 is 0 Å². The van der Waals surface area contributed by atoms with Gasteiger partial charge in [-0.3, -0.25) is 14.2 Å². The van der Waals surface area contributed by atoms with Crippen molar-refractivity contribution in [3.63, 3.8) is 0 Å². The van der Waals surface area contributed by atoms with Gasteiger partial charge in [0.1, 0.15) is 11.2 Å². The van der Waals surface area contributed by atoms with E-state index in [2.05, 4.69) is 5.32 Å². The summed E-state index contributed by atoms with van der Waals surface area (Å²) in [5.41, 5.74) is 1.56. The first-order valence-corrected chi connectivity index (χ1v) is 11.0. The average Bonchev–Trinajstić information content (AvgIpc) is 3.23. The standard InChI is InChI=1S/C23H20ClN3O3S/c1-14(2)17-5-3-4-6-18(17)25-20(28)13-26-19-11-12-31-21(19)22(29)27(23(26)30)16-9-7-15(24)8-10-16/h3-12,14H,13H2,1-2H3,(H,25,28). The molecule has 2 heterocycles. The molecule has 0 aliphatic rings. The summed E-state index contributed by atoms with van der Waals surface area (Å²) in [7, 11) is 0. The number of para-hydroxylation sites is 1. The Morgan fingerprint density at radius 1 is 1.06 bits per heavy atom. The predicted molar refractivity (Wildman–Crippen MR) is 126 cm³/mol. The van der Waals surface area contributed by atoms with Gasteiger partial charge < -0.3 is 5.32 Å². The zero-order valence-corrected chi connectivity index (χ0v) is 18.5. The van der Waals surface area contributed by atoms with Crippen LogP contribution >= 0.6 is 22.9 Å². The Labute approximate surface area is 187 Å². The quantitative estimate of drug-likeness (QED) is 0.478. The monoisotopic (exact) mass is 453 g/mol. The second-order valence-corrected chi connectivity index (χ2v) is 8.76. The van der Waals surface area contributed by atoms with Gasteiger partial charge in [-0.15, -0.1) is 11.3 Å². The Balaban J connectivity index is 1.77. The third kappa shape index (κ3) is 4.06. The number of amides is 1. The van der Waals surface area contributed by atoms with E-state index < -0.39 is 11.2 Å². The van der Waals surface area contributed by atoms with E-state index in [1.807, 2.05) is 38.1 Å². The summed E-state index contributed by atoms with van der Waals surface area (Å²) in [6.07, 6.45) is 0. The summed E-state index contributed by atoms with van der Waals surface area (Å²) in [5, 5.41) is 5.14. The maximum Gasteiger partial charge on any atom is 0.336 e. The smallest absolute Gasteiger partial charge is 0.324 e. The maximum absolute atomic E-state index is 13.3. The second-order valence-electron chi connectivity index (χ2n) is 7.41. The molecule has 0 bridgehead atoms. The fraction of sp³-hybridized carbons (Fsp3) is 0.174. The lowest BCUT2D eigenvalue weighted by atomic mass is 10.0. The zero-order valence-electron chi connectivity index (χ0n) is 17.0. The number of hydrogen-bond donors (Lipinski definition) is 1. The van der Waals surface area contributed by atoms with Crippen LogP contribution in [0.3, 0.4) is 0 Å². The Bertz CT molecular complexity index is 1380. The van der Waals surface area contributed by atoms with Crippen LogP contribution in [0.15, 0.2) is 69.6 Å². The van der Waals surface area contributed by atoms with Crippen molar-refractivity contribution in [3.05, 3.63) is 91.4 Å². The number of nitrogens with zero attached hydrogens (tertiary/aromatic N) is 2. The van der Waals surface area contributed by atoms with Crippen molar-refractivity contribution in [2.45, 2.75) is 26.3 Å². The van der Waals surface area contributed by atoms with Crippen LogP contribution in [0.5, 0.6) is 0 Å². The number of rotatable bonds is 5. The van der Waals surface area contributed by atoms with Gasteiger partial charge in [0.25, 0.3) is 5.56 Å². The molecular formula is C23H20ClN3O3S. The highest BCUT2D eigenvalue weighted by Gasteiger charge is 2.18. The number of fused-ring (bicyclic) bond motifs is 1. The fourth-order valence-corrected chi connectivity index (χ4v) is 4.46. The van der Waals surface area contributed by atoms with Crippen molar-refractivity contribution in [2.75, 3.05) is 5.32 Å². The van der Waals surface area contributed by atoms with Crippen LogP contribution < -0.4 is 16.6 Å². The van der Waals surface area contributed by atoms with Crippen molar-refractivity contribution >= 4 is 44.7 Å². The highest BCUT2D eigenvalue weighted by Crippen LogP contribution is 2.24. The SMILES string of the molecule is CC(C)c1ccccc1NC(=O)Cn1c(=O)n(-c2ccc(Cl)cc2)c(=O)c2sccc21. The normalized spacial score (nSPS) is 11.2. The number of halogens is 1. The van der Waals surface area contributed by atoms with Crippen LogP contribution in [0.4, 0.5) is 5.69 Å². The lowest BCUT2D eigenvalue weighted by Gasteiger charge is -2.15. The van der Waals surface area contributed by atoms with Crippen LogP contribution in [-0.2, 0) is 11.3 Å². The molecule has 0 saturated carbocycles. The highest BCUT2D eigenvalue weighted by molar-refractivity contribution is 7.17. The number of nitrogens with one attached hydrogen (secondary N) is 1. The third-order valence-corrected chi connectivity index (χ3v) is 6.14. The molecule has 31 heavy (non-hydrogen) atoms. The lowest BCUT2D eigenvalue weighted by molar-refractivity contribution is -0.116. The van der Waals surface area contributed by atoms with Gasteiger partial charge in [0, 0.05) is 10.7 Å². The Morgan fingerprint density at radius 3 is 2.48 bits per heavy atom. The van der Waals surface area contributed by atoms with Gasteiger partial charge in [0.2, 0.25) is 5.91 Å². The van der Waals surface area contributed by atoms with Gasteiger partial charge in [-0.25, -0.2) is 9.36 Å². The highest BCUT2D eigenvalue weighted by atomic mass is 35.5. The average molecular weight is 454 g/mol. The van der Waals surface area contributed by atoms with Crippen molar-refractivity contribution < 1.29 is 4.79 Å². The summed E-state index contributed by atoms with van der Waals surface area (Å²) < 4.78 is 2.81. The molecule has 0 saturated heterocycles. The molecule has 0 fully saturated rings. The summed E-state index contributed by atoms with van der Waals surface area (Å²) >= 11 is 7.18. The number of hydrogen-bond acceptors (Lipinski definition) is 4. The number of carbonyl (C=O) groups excluding carboxylic acids is 1. The number of benzene rings is 2. The van der Waals surface area contributed by atoms with Crippen molar-refractivity contribution in [1.82, 2.24) is 9.13 Å². The first-order valence-electron chi connectivity index (χ1n) is 9.74. The van der Waals surface area contributed by atoms with Gasteiger partial charge in [0.05, 0.1) is 11.2 Å². The minimum atomic E-state index is -0.578. The molecule has 0 aliphatic heterocycles. The Hall–Kier alpha value is -3.16. The van der Waals surface area contributed by atoms with Gasteiger partial charge in [0.15, 0.2) is 0 Å². The first kappa shape index (κ1) is 21.1. The van der Waals surface area contributed by atoms with E-state index in [1.54, 1.807) is 35.7 Å². The largest absolute Gasteiger partial charge is 0.336 e. The summed E-state index contributed by atoms with van der Waals surface area (Å²) in [4.78, 5) is 39.1. The van der Waals surface area contributed by atoms with Gasteiger partial charge >= 0.3 is 5.69 Å². The molecule has 6 nitrogen and oxygen atoms in total. The molecule has 4 aromatic rings. The van der Waals surface area contributed by atoms with E-state index in [0.717, 1.165) is 10.1 Å². The van der Waals surface area contributed by atoms with E-state index in [1.165, 1.54) is 15.9 Å². The van der Waals surface area contributed by atoms with Gasteiger partial charge in [-0.2, -0.15) is 0 Å². The molecule has 0 unspecified atom stereocenters. The topological polar surface area (TPSA) is 73.1 Å². The van der Waals surface area contributed by atoms with Crippen molar-refractivity contribution in [2.24, 2.45) is 0 Å². The van der Waals surface area contributed by atoms with Crippen molar-refractivity contribution in [3.8, 4) is 5.69 Å². The maximum atomic E-state index is 13.3. The molecule has 158 valence electrons. The van der Waals surface area contributed by atoms with Crippen LogP contribution in [-0.4, -0.2) is 15.0 Å². The molecule has 2 aromatic carbocycles. The van der Waals surface area contributed by atoms with Crippen LogP contribution in [0.25, 0.3) is 15.9 Å². The molecule has 1 N–H and O–H groups in total. The van der Waals surface area contributed by atoms with E-state index in [4.69, 9.17) is 11.6 Å². The molecule has 1 amide bonds. The second kappa shape index (κ2) is 8.53. The molecule has 8 heteroatoms. The summed E-state index contributed by atoms with van der Waals surface area (Å²) in [5.74, 6) is -0.112.